The van der Waals surface area contributed by atoms with Gasteiger partial charge in [0.1, 0.15) is 18.3 Å². The Morgan fingerprint density at radius 2 is 1.46 bits per heavy atom. The maximum absolute atomic E-state index is 13.1. The number of carbonyl (C=O) groups excluding carboxylic acids is 2. The topological polar surface area (TPSA) is 197 Å². The minimum absolute atomic E-state index is 0.00716. The summed E-state index contributed by atoms with van der Waals surface area (Å²) in [4.78, 5) is 33.0. The molecule has 0 unspecified atom stereocenters. The zero-order valence-corrected chi connectivity index (χ0v) is 19.9. The number of aromatic nitrogens is 5. The van der Waals surface area contributed by atoms with E-state index in [-0.39, 0.29) is 23.4 Å². The lowest BCUT2D eigenvalue weighted by atomic mass is 10.2. The quantitative estimate of drug-likeness (QED) is 0.347. The second-order valence-corrected chi connectivity index (χ2v) is 11.0. The van der Waals surface area contributed by atoms with Gasteiger partial charge in [-0.2, -0.15) is 27.3 Å². The van der Waals surface area contributed by atoms with Crippen LogP contribution < -0.4 is 11.1 Å². The minimum Gasteiger partial charge on any atom is -0.364 e. The van der Waals surface area contributed by atoms with Gasteiger partial charge in [-0.05, 0) is 25.1 Å². The van der Waals surface area contributed by atoms with Gasteiger partial charge in [0.2, 0.25) is 19.7 Å². The number of primary amides is 1. The average molecular weight is 565 g/mol. The highest BCUT2D eigenvalue weighted by atomic mass is 32.2. The zero-order valence-electron chi connectivity index (χ0n) is 18.3. The van der Waals surface area contributed by atoms with E-state index >= 15 is 0 Å². The van der Waals surface area contributed by atoms with Gasteiger partial charge < -0.3 is 11.1 Å². The predicted octanol–water partition coefficient (Wildman–Crippen LogP) is 0.640. The molecule has 0 aliphatic rings. The maximum Gasteiger partial charge on any atom is 0.341 e. The van der Waals surface area contributed by atoms with Gasteiger partial charge in [-0.15, -0.1) is 0 Å². The van der Waals surface area contributed by atoms with Crippen LogP contribution in [0.1, 0.15) is 39.6 Å². The molecular formula is C18H15F4N7O6S2. The number of alkyl halides is 4. The summed E-state index contributed by atoms with van der Waals surface area (Å²) >= 11 is 0. The summed E-state index contributed by atoms with van der Waals surface area (Å²) in [5, 5.41) is 6.21. The fraction of sp³-hybridized carbons (Fsp3) is 0.222. The Morgan fingerprint density at radius 3 is 1.97 bits per heavy atom. The molecule has 0 saturated heterocycles. The number of hydrogen-bond donors (Lipinski definition) is 2. The molecule has 2 aromatic heterocycles. The van der Waals surface area contributed by atoms with Crippen LogP contribution in [0, 0.1) is 0 Å². The summed E-state index contributed by atoms with van der Waals surface area (Å²) in [6.45, 7) is 1.35. The third kappa shape index (κ3) is 5.56. The number of nitrogens with zero attached hydrogens (tertiary/aromatic N) is 5. The van der Waals surface area contributed by atoms with E-state index in [1.165, 1.54) is 6.92 Å². The Balaban J connectivity index is 2.01. The van der Waals surface area contributed by atoms with Crippen LogP contribution in [0.2, 0.25) is 0 Å². The van der Waals surface area contributed by atoms with Gasteiger partial charge in [-0.1, -0.05) is 0 Å². The van der Waals surface area contributed by atoms with Crippen molar-refractivity contribution in [1.29, 1.82) is 0 Å². The van der Waals surface area contributed by atoms with Gasteiger partial charge in [0.25, 0.3) is 11.8 Å². The lowest BCUT2D eigenvalue weighted by Crippen LogP contribution is -2.29. The Bertz CT molecular complexity index is 1520. The van der Waals surface area contributed by atoms with Gasteiger partial charge in [0.15, 0.2) is 11.6 Å². The molecule has 37 heavy (non-hydrogen) atoms. The second kappa shape index (κ2) is 10.2. The van der Waals surface area contributed by atoms with Crippen molar-refractivity contribution in [1.82, 2.24) is 30.0 Å². The number of benzene rings is 1. The molecule has 3 N–H and O–H groups in total. The van der Waals surface area contributed by atoms with E-state index in [1.54, 1.807) is 0 Å². The highest BCUT2D eigenvalue weighted by Gasteiger charge is 2.33. The van der Waals surface area contributed by atoms with Crippen LogP contribution >= 0.6 is 0 Å². The van der Waals surface area contributed by atoms with Crippen molar-refractivity contribution in [3.8, 4) is 5.82 Å². The van der Waals surface area contributed by atoms with E-state index in [1.807, 2.05) is 0 Å². The monoisotopic (exact) mass is 565 g/mol. The smallest absolute Gasteiger partial charge is 0.341 e. The van der Waals surface area contributed by atoms with Crippen LogP contribution in [0.15, 0.2) is 46.7 Å². The second-order valence-electron chi connectivity index (χ2n) is 7.16. The van der Waals surface area contributed by atoms with E-state index in [9.17, 15) is 44.0 Å². The predicted molar refractivity (Wildman–Crippen MR) is 114 cm³/mol. The third-order valence-electron chi connectivity index (χ3n) is 4.70. The van der Waals surface area contributed by atoms with E-state index in [0.717, 1.165) is 23.4 Å². The first-order chi connectivity index (χ1) is 17.2. The highest BCUT2D eigenvalue weighted by molar-refractivity contribution is 7.92. The number of nitrogens with two attached hydrogens (primary N) is 1. The number of hydrogen-bond acceptors (Lipinski definition) is 10. The molecule has 2 amide bonds. The number of halogens is 4. The molecule has 1 aromatic carbocycles. The van der Waals surface area contributed by atoms with E-state index in [2.05, 4.69) is 25.4 Å². The molecule has 0 spiro atoms. The van der Waals surface area contributed by atoms with Crippen LogP contribution in [-0.4, -0.2) is 64.9 Å². The van der Waals surface area contributed by atoms with E-state index < -0.39 is 64.4 Å². The molecule has 2 heterocycles. The Labute approximate surface area is 205 Å². The van der Waals surface area contributed by atoms with Gasteiger partial charge in [-0.3, -0.25) is 9.59 Å². The molecular weight excluding hydrogens is 550 g/mol. The molecule has 0 radical (unpaired) electrons. The SMILES string of the molecule is C[C@H](NC(=O)c1cc(S(=O)(=O)C(F)F)cc(S(=O)(=O)C(F)F)c1)c1ncnn1-c1cc(C(N)=O)ncn1. The van der Waals surface area contributed by atoms with Crippen molar-refractivity contribution in [2.45, 2.75) is 34.3 Å². The number of carbonyl (C=O) groups is 2. The summed E-state index contributed by atoms with van der Waals surface area (Å²) < 4.78 is 101. The Hall–Kier alpha value is -4.00. The van der Waals surface area contributed by atoms with Crippen molar-refractivity contribution in [2.24, 2.45) is 5.73 Å². The number of rotatable bonds is 9. The average Bonchev–Trinajstić information content (AvgIpc) is 3.33. The van der Waals surface area contributed by atoms with Crippen LogP contribution in [0.4, 0.5) is 17.6 Å². The minimum atomic E-state index is -5.47. The molecule has 0 saturated carbocycles. The summed E-state index contributed by atoms with van der Waals surface area (Å²) in [6.07, 6.45) is 2.05. The summed E-state index contributed by atoms with van der Waals surface area (Å²) in [6, 6.07) is 1.03. The van der Waals surface area contributed by atoms with Crippen molar-refractivity contribution < 1.29 is 44.0 Å². The van der Waals surface area contributed by atoms with Crippen molar-refractivity contribution in [3.63, 3.8) is 0 Å². The molecule has 198 valence electrons. The fourth-order valence-electron chi connectivity index (χ4n) is 2.90. The molecule has 3 aromatic rings. The molecule has 13 nitrogen and oxygen atoms in total. The largest absolute Gasteiger partial charge is 0.364 e. The molecule has 19 heteroatoms. The van der Waals surface area contributed by atoms with Crippen LogP contribution in [0.3, 0.4) is 0 Å². The van der Waals surface area contributed by atoms with Crippen LogP contribution in [0.25, 0.3) is 5.82 Å². The normalized spacial score (nSPS) is 13.1. The van der Waals surface area contributed by atoms with Gasteiger partial charge in [0.05, 0.1) is 15.8 Å². The van der Waals surface area contributed by atoms with Gasteiger partial charge in [-0.25, -0.2) is 31.8 Å². The number of nitrogens with one attached hydrogen (secondary N) is 1. The third-order valence-corrected chi connectivity index (χ3v) is 7.42. The van der Waals surface area contributed by atoms with Crippen LogP contribution in [-0.2, 0) is 19.7 Å². The highest BCUT2D eigenvalue weighted by Crippen LogP contribution is 2.27. The summed E-state index contributed by atoms with van der Waals surface area (Å²) in [5.41, 5.74) is 4.18. The molecule has 0 aliphatic heterocycles. The fourth-order valence-corrected chi connectivity index (χ4v) is 4.55. The van der Waals surface area contributed by atoms with Gasteiger partial charge in [0, 0.05) is 11.6 Å². The van der Waals surface area contributed by atoms with E-state index in [4.69, 9.17) is 5.73 Å². The Kier molecular flexibility index (Phi) is 7.58. The molecule has 0 bridgehead atoms. The lowest BCUT2D eigenvalue weighted by molar-refractivity contribution is 0.0936. The van der Waals surface area contributed by atoms with Crippen LogP contribution in [0.5, 0.6) is 0 Å². The van der Waals surface area contributed by atoms with Crippen molar-refractivity contribution in [3.05, 3.63) is 54.0 Å². The van der Waals surface area contributed by atoms with Crippen molar-refractivity contribution >= 4 is 31.5 Å². The molecule has 3 rings (SSSR count). The first-order valence-corrected chi connectivity index (χ1v) is 12.8. The van der Waals surface area contributed by atoms with Crippen molar-refractivity contribution in [2.75, 3.05) is 0 Å². The summed E-state index contributed by atoms with van der Waals surface area (Å²) in [7, 11) is -10.9. The first-order valence-electron chi connectivity index (χ1n) is 9.68. The number of sulfone groups is 2. The Morgan fingerprint density at radius 1 is 0.892 bits per heavy atom. The van der Waals surface area contributed by atoms with Gasteiger partial charge >= 0.3 is 11.5 Å². The first kappa shape index (κ1) is 27.6. The molecule has 1 atom stereocenters. The lowest BCUT2D eigenvalue weighted by Gasteiger charge is -2.16. The zero-order chi connectivity index (χ0) is 27.7. The molecule has 0 fully saturated rings. The molecule has 0 aliphatic carbocycles. The number of amides is 2. The maximum atomic E-state index is 13.1. The van der Waals surface area contributed by atoms with E-state index in [0.29, 0.717) is 12.1 Å². The summed E-state index contributed by atoms with van der Waals surface area (Å²) in [5.74, 6) is -10.2. The standard InChI is InChI=1S/C18H15F4N7O6S2/c1-8(15-26-7-27-29(15)13-5-12(14(23)30)24-6-25-13)28-16(31)9-2-10(36(32,33)17(19)20)4-11(3-9)37(34,35)18(21)22/h2-8,17-18H,1H3,(H2,23,30)(H,28,31)/t8-/m0/s1.